The summed E-state index contributed by atoms with van der Waals surface area (Å²) in [5.74, 6) is 0.354. The summed E-state index contributed by atoms with van der Waals surface area (Å²) in [5.41, 5.74) is 2.48. The van der Waals surface area contributed by atoms with Crippen LogP contribution in [0.15, 0.2) is 59.5 Å². The average Bonchev–Trinajstić information content (AvgIpc) is 2.50. The zero-order valence-electron chi connectivity index (χ0n) is 12.7. The van der Waals surface area contributed by atoms with Crippen LogP contribution in [0, 0.1) is 6.92 Å². The molecule has 2 aromatic rings. The lowest BCUT2D eigenvalue weighted by molar-refractivity contribution is -0.118. The number of hydrogen-bond acceptors (Lipinski definition) is 2. The van der Waals surface area contributed by atoms with Crippen molar-refractivity contribution in [2.45, 2.75) is 43.3 Å². The van der Waals surface area contributed by atoms with Crippen molar-refractivity contribution in [2.24, 2.45) is 0 Å². The summed E-state index contributed by atoms with van der Waals surface area (Å²) >= 11 is 1.69. The van der Waals surface area contributed by atoms with Gasteiger partial charge in [0.1, 0.15) is 5.78 Å². The van der Waals surface area contributed by atoms with Gasteiger partial charge in [-0.05, 0) is 37.5 Å². The second-order valence-electron chi connectivity index (χ2n) is 5.33. The first-order chi connectivity index (χ1) is 10.2. The van der Waals surface area contributed by atoms with E-state index in [1.807, 2.05) is 18.2 Å². The highest BCUT2D eigenvalue weighted by molar-refractivity contribution is 8.00. The fourth-order valence-electron chi connectivity index (χ4n) is 2.24. The Morgan fingerprint density at radius 2 is 1.71 bits per heavy atom. The van der Waals surface area contributed by atoms with Crippen molar-refractivity contribution in [3.05, 3.63) is 65.7 Å². The van der Waals surface area contributed by atoms with Gasteiger partial charge >= 0.3 is 0 Å². The highest BCUT2D eigenvalue weighted by Crippen LogP contribution is 2.28. The van der Waals surface area contributed by atoms with Crippen LogP contribution in [-0.2, 0) is 11.2 Å². The van der Waals surface area contributed by atoms with Crippen molar-refractivity contribution in [3.8, 4) is 0 Å². The van der Waals surface area contributed by atoms with Crippen molar-refractivity contribution >= 4 is 17.5 Å². The average molecular weight is 298 g/mol. The van der Waals surface area contributed by atoms with Crippen molar-refractivity contribution in [2.75, 3.05) is 0 Å². The first kappa shape index (κ1) is 15.8. The summed E-state index contributed by atoms with van der Waals surface area (Å²) in [7, 11) is 0. The molecule has 0 aliphatic rings. The minimum Gasteiger partial charge on any atom is -0.298 e. The third-order valence-electron chi connectivity index (χ3n) is 3.42. The Kier molecular flexibility index (Phi) is 6.06. The predicted molar refractivity (Wildman–Crippen MR) is 90.9 cm³/mol. The summed E-state index contributed by atoms with van der Waals surface area (Å²) in [6.07, 6.45) is 2.38. The molecule has 0 aliphatic carbocycles. The molecule has 0 radical (unpaired) electrons. The summed E-state index contributed by atoms with van der Waals surface area (Å²) in [6, 6.07) is 18.7. The molecule has 110 valence electrons. The molecule has 2 rings (SSSR count). The maximum atomic E-state index is 12.4. The van der Waals surface area contributed by atoms with Gasteiger partial charge in [-0.15, -0.1) is 11.8 Å². The molecule has 2 aromatic carbocycles. The number of thioether (sulfide) groups is 1. The topological polar surface area (TPSA) is 17.1 Å². The van der Waals surface area contributed by atoms with Crippen molar-refractivity contribution < 1.29 is 4.79 Å². The number of Topliss-reactive ketones (excluding diaryl/α,β-unsaturated/α-hetero) is 1. The number of hydrogen-bond donors (Lipinski definition) is 0. The number of aryl methyl sites for hydroxylation is 1. The highest BCUT2D eigenvalue weighted by atomic mass is 32.2. The van der Waals surface area contributed by atoms with Crippen LogP contribution in [0.5, 0.6) is 0 Å². The van der Waals surface area contributed by atoms with Gasteiger partial charge in [0.2, 0.25) is 0 Å². The number of carbonyl (C=O) groups excluding carboxylic acids is 1. The van der Waals surface area contributed by atoms with E-state index in [9.17, 15) is 4.79 Å². The van der Waals surface area contributed by atoms with Gasteiger partial charge in [0.25, 0.3) is 0 Å². The molecule has 1 atom stereocenters. The molecule has 0 aliphatic heterocycles. The molecule has 1 unspecified atom stereocenters. The summed E-state index contributed by atoms with van der Waals surface area (Å²) < 4.78 is 0. The maximum Gasteiger partial charge on any atom is 0.146 e. The molecule has 0 saturated heterocycles. The molecule has 21 heavy (non-hydrogen) atoms. The van der Waals surface area contributed by atoms with E-state index in [0.717, 1.165) is 12.8 Å². The van der Waals surface area contributed by atoms with Gasteiger partial charge in [-0.2, -0.15) is 0 Å². The zero-order valence-corrected chi connectivity index (χ0v) is 13.5. The molecule has 0 spiro atoms. The van der Waals surface area contributed by atoms with Crippen LogP contribution in [0.1, 0.15) is 30.9 Å². The lowest BCUT2D eigenvalue weighted by Gasteiger charge is -2.15. The number of ketones is 1. The number of rotatable bonds is 7. The van der Waals surface area contributed by atoms with Crippen LogP contribution in [-0.4, -0.2) is 11.0 Å². The van der Waals surface area contributed by atoms with E-state index in [1.54, 1.807) is 11.8 Å². The zero-order chi connectivity index (χ0) is 15.1. The minimum atomic E-state index is 0.00931. The maximum absolute atomic E-state index is 12.4. The van der Waals surface area contributed by atoms with Crippen molar-refractivity contribution in [1.29, 1.82) is 0 Å². The molecule has 0 fully saturated rings. The molecule has 0 amide bonds. The van der Waals surface area contributed by atoms with Crippen LogP contribution < -0.4 is 0 Å². The molecule has 2 heteroatoms. The fourth-order valence-corrected chi connectivity index (χ4v) is 3.38. The Bertz CT molecular complexity index is 560. The monoisotopic (exact) mass is 298 g/mol. The molecule has 0 N–H and O–H groups in total. The summed E-state index contributed by atoms with van der Waals surface area (Å²) in [6.45, 7) is 4.14. The van der Waals surface area contributed by atoms with E-state index < -0.39 is 0 Å². The van der Waals surface area contributed by atoms with Crippen LogP contribution in [0.25, 0.3) is 0 Å². The summed E-state index contributed by atoms with van der Waals surface area (Å²) in [4.78, 5) is 13.6. The second-order valence-corrected chi connectivity index (χ2v) is 6.60. The number of carbonyl (C=O) groups is 1. The lowest BCUT2D eigenvalue weighted by Crippen LogP contribution is -2.19. The molecule has 0 aromatic heterocycles. The van der Waals surface area contributed by atoms with Gasteiger partial charge in [0, 0.05) is 11.3 Å². The van der Waals surface area contributed by atoms with Gasteiger partial charge in [-0.1, -0.05) is 55.0 Å². The van der Waals surface area contributed by atoms with Gasteiger partial charge in [-0.3, -0.25) is 4.79 Å². The van der Waals surface area contributed by atoms with Crippen LogP contribution >= 0.6 is 11.8 Å². The molecule has 0 heterocycles. The van der Waals surface area contributed by atoms with Crippen LogP contribution in [0.3, 0.4) is 0 Å². The Hall–Kier alpha value is -1.54. The molecular weight excluding hydrogens is 276 g/mol. The Balaban J connectivity index is 2.11. The summed E-state index contributed by atoms with van der Waals surface area (Å²) in [5, 5.41) is 0.00931. The molecule has 0 bridgehead atoms. The standard InChI is InChI=1S/C19H22OS/c1-3-7-18(20)19(14-16-8-5-4-6-9-16)21-17-12-10-15(2)11-13-17/h4-6,8-13,19H,3,7,14H2,1-2H3. The lowest BCUT2D eigenvalue weighted by atomic mass is 10.0. The second kappa shape index (κ2) is 8.04. The van der Waals surface area contributed by atoms with Gasteiger partial charge in [-0.25, -0.2) is 0 Å². The SMILES string of the molecule is CCCC(=O)C(Cc1ccccc1)Sc1ccc(C)cc1. The highest BCUT2D eigenvalue weighted by Gasteiger charge is 2.19. The van der Waals surface area contributed by atoms with E-state index in [1.165, 1.54) is 16.0 Å². The van der Waals surface area contributed by atoms with Crippen LogP contribution in [0.2, 0.25) is 0 Å². The third-order valence-corrected chi connectivity index (χ3v) is 4.68. The van der Waals surface area contributed by atoms with Crippen molar-refractivity contribution in [3.63, 3.8) is 0 Å². The van der Waals surface area contributed by atoms with E-state index in [0.29, 0.717) is 12.2 Å². The van der Waals surface area contributed by atoms with E-state index in [2.05, 4.69) is 50.2 Å². The normalized spacial score (nSPS) is 12.1. The van der Waals surface area contributed by atoms with Crippen LogP contribution in [0.4, 0.5) is 0 Å². The first-order valence-corrected chi connectivity index (χ1v) is 8.37. The Labute approximate surface area is 131 Å². The quantitative estimate of drug-likeness (QED) is 0.664. The largest absolute Gasteiger partial charge is 0.298 e. The third kappa shape index (κ3) is 5.05. The smallest absolute Gasteiger partial charge is 0.146 e. The first-order valence-electron chi connectivity index (χ1n) is 7.49. The van der Waals surface area contributed by atoms with Crippen molar-refractivity contribution in [1.82, 2.24) is 0 Å². The minimum absolute atomic E-state index is 0.00931. The molecule has 0 saturated carbocycles. The Morgan fingerprint density at radius 1 is 1.05 bits per heavy atom. The van der Waals surface area contributed by atoms with Gasteiger partial charge < -0.3 is 0 Å². The van der Waals surface area contributed by atoms with E-state index in [-0.39, 0.29) is 5.25 Å². The van der Waals surface area contributed by atoms with E-state index >= 15 is 0 Å². The predicted octanol–water partition coefficient (Wildman–Crippen LogP) is 5.07. The van der Waals surface area contributed by atoms with Gasteiger partial charge in [0.15, 0.2) is 0 Å². The van der Waals surface area contributed by atoms with Gasteiger partial charge in [0.05, 0.1) is 5.25 Å². The van der Waals surface area contributed by atoms with E-state index in [4.69, 9.17) is 0 Å². The number of benzene rings is 2. The molecular formula is C19H22OS. The Morgan fingerprint density at radius 3 is 2.33 bits per heavy atom. The molecule has 1 nitrogen and oxygen atoms in total. The fraction of sp³-hybridized carbons (Fsp3) is 0.316.